The van der Waals surface area contributed by atoms with Gasteiger partial charge in [-0.2, -0.15) is 0 Å². The Balaban J connectivity index is 1.56. The van der Waals surface area contributed by atoms with E-state index < -0.39 is 0 Å². The van der Waals surface area contributed by atoms with Crippen LogP contribution in [0.3, 0.4) is 0 Å². The van der Waals surface area contributed by atoms with Crippen LogP contribution in [0, 0.1) is 28.1 Å². The maximum absolute atomic E-state index is 2.80. The van der Waals surface area contributed by atoms with Crippen molar-refractivity contribution in [2.75, 3.05) is 18.0 Å². The molecule has 7 rings (SSSR count). The molecule has 3 aliphatic carbocycles. The molecule has 2 unspecified atom stereocenters. The van der Waals surface area contributed by atoms with Gasteiger partial charge in [0.2, 0.25) is 0 Å². The molecular formula is C67H97BN2S. The van der Waals surface area contributed by atoms with Crippen LogP contribution in [0.4, 0.5) is 5.69 Å². The third kappa shape index (κ3) is 12.0. The Morgan fingerprint density at radius 2 is 1.51 bits per heavy atom. The molecule has 2 aliphatic heterocycles. The van der Waals surface area contributed by atoms with Crippen molar-refractivity contribution in [3.8, 4) is 0 Å². The molecule has 5 aliphatic rings. The van der Waals surface area contributed by atoms with Crippen LogP contribution in [-0.4, -0.2) is 24.7 Å². The summed E-state index contributed by atoms with van der Waals surface area (Å²) in [7, 11) is 0. The molecule has 0 amide bonds. The van der Waals surface area contributed by atoms with E-state index in [-0.39, 0.29) is 33.8 Å². The molecule has 384 valence electrons. The van der Waals surface area contributed by atoms with Crippen molar-refractivity contribution in [3.63, 3.8) is 0 Å². The number of anilines is 1. The van der Waals surface area contributed by atoms with Gasteiger partial charge in [-0.25, -0.2) is 0 Å². The largest absolute Gasteiger partial charge is 0.364 e. The van der Waals surface area contributed by atoms with Crippen molar-refractivity contribution >= 4 is 38.6 Å². The average molecular weight is 973 g/mol. The Morgan fingerprint density at radius 3 is 2.15 bits per heavy atom. The minimum Gasteiger partial charge on any atom is -0.364 e. The summed E-state index contributed by atoms with van der Waals surface area (Å²) in [4.78, 5) is 5.58. The second-order valence-electron chi connectivity index (χ2n) is 26.4. The van der Waals surface area contributed by atoms with Gasteiger partial charge in [0.25, 0.3) is 6.71 Å². The SMILES string of the molecule is C/C=C\C=C/CC1=C/CC(C)(C)CCC(C)(C)C/C=C\1N1C(C)=C(/C=C2\CC(C)CCC2(C)C)B2C(=C1/C=C\C)CN(C/C=C\C(=C/C)C(C)CCCC)c1c2sc2cc3c(cc12)C(C)(C)CCC3(C)C. The minimum absolute atomic E-state index is 0.133. The van der Waals surface area contributed by atoms with Crippen molar-refractivity contribution < 1.29 is 0 Å². The number of hydrogen-bond acceptors (Lipinski definition) is 3. The normalized spacial score (nSPS) is 26.1. The summed E-state index contributed by atoms with van der Waals surface area (Å²) in [5.41, 5.74) is 17.2. The standard InChI is InChI=1S/C67H97BN2S/c1-18-22-24-25-29-51-32-34-63(8,9)37-38-64(10,11)35-33-58(51)70-49(7)56(43-52-42-47(5)31-36-65(52,12)13)68-57(59(70)27-20-3)46-69(41-26-30-50(21-4)48(6)28-23-19-2)61-53-44-54-55(45-60(53)71-62(61)68)67(16,17)40-39-66(54,14)15/h18,20-22,24-27,30,32-33,43-45,47-48H,19,23,28-29,31,34-42,46H2,1-17H3/b22-18-,25-24-,27-20-,30-26-,50-21+,51-32-,52-43+,58-33+. The van der Waals surface area contributed by atoms with E-state index in [1.165, 1.54) is 118 Å². The van der Waals surface area contributed by atoms with Gasteiger partial charge in [0.05, 0.1) is 5.69 Å². The third-order valence-electron chi connectivity index (χ3n) is 18.0. The molecule has 1 aromatic heterocycles. The summed E-state index contributed by atoms with van der Waals surface area (Å²) < 4.78 is 3.00. The summed E-state index contributed by atoms with van der Waals surface area (Å²) in [6.07, 6.45) is 44.6. The third-order valence-corrected chi connectivity index (χ3v) is 19.2. The first-order chi connectivity index (χ1) is 33.5. The lowest BCUT2D eigenvalue weighted by Gasteiger charge is -2.45. The van der Waals surface area contributed by atoms with E-state index in [0.717, 1.165) is 32.4 Å². The van der Waals surface area contributed by atoms with Gasteiger partial charge >= 0.3 is 0 Å². The highest BCUT2D eigenvalue weighted by Crippen LogP contribution is 2.52. The zero-order valence-corrected chi connectivity index (χ0v) is 49.0. The fourth-order valence-electron chi connectivity index (χ4n) is 12.6. The van der Waals surface area contributed by atoms with Crippen LogP contribution in [0.2, 0.25) is 0 Å². The molecule has 0 bridgehead atoms. The summed E-state index contributed by atoms with van der Waals surface area (Å²) in [6.45, 7) is 43.3. The van der Waals surface area contributed by atoms with Crippen LogP contribution >= 0.6 is 11.3 Å². The number of thiophene rings is 1. The van der Waals surface area contributed by atoms with Gasteiger partial charge in [-0.15, -0.1) is 11.3 Å². The number of allylic oxidation sites excluding steroid dienone is 16. The van der Waals surface area contributed by atoms with E-state index in [1.807, 2.05) is 0 Å². The van der Waals surface area contributed by atoms with E-state index in [9.17, 15) is 0 Å². The first-order valence-electron chi connectivity index (χ1n) is 28.4. The molecule has 0 spiro atoms. The zero-order valence-electron chi connectivity index (χ0n) is 48.2. The second kappa shape index (κ2) is 22.0. The molecule has 2 aromatic rings. The van der Waals surface area contributed by atoms with Crippen LogP contribution in [0.1, 0.15) is 212 Å². The highest BCUT2D eigenvalue weighted by Gasteiger charge is 2.46. The quantitative estimate of drug-likeness (QED) is 0.146. The minimum atomic E-state index is 0.133. The van der Waals surface area contributed by atoms with Crippen LogP contribution in [0.5, 0.6) is 0 Å². The Morgan fingerprint density at radius 1 is 0.831 bits per heavy atom. The van der Waals surface area contributed by atoms with E-state index in [1.54, 1.807) is 22.2 Å². The lowest BCUT2D eigenvalue weighted by molar-refractivity contribution is 0.240. The molecule has 2 atom stereocenters. The monoisotopic (exact) mass is 973 g/mol. The molecule has 3 heterocycles. The molecular weight excluding hydrogens is 876 g/mol. The second-order valence-corrected chi connectivity index (χ2v) is 27.5. The molecule has 71 heavy (non-hydrogen) atoms. The predicted octanol–water partition coefficient (Wildman–Crippen LogP) is 19.3. The van der Waals surface area contributed by atoms with Gasteiger partial charge in [0, 0.05) is 45.0 Å². The van der Waals surface area contributed by atoms with Crippen molar-refractivity contribution in [2.24, 2.45) is 28.1 Å². The van der Waals surface area contributed by atoms with Gasteiger partial charge in [0.15, 0.2) is 0 Å². The Hall–Kier alpha value is -3.76. The maximum atomic E-state index is 2.80. The average Bonchev–Trinajstić information content (AvgIpc) is 3.70. The molecule has 1 saturated carbocycles. The molecule has 2 nitrogen and oxygen atoms in total. The Bertz CT molecular complexity index is 2600. The highest BCUT2D eigenvalue weighted by molar-refractivity contribution is 7.31. The van der Waals surface area contributed by atoms with Crippen molar-refractivity contribution in [3.05, 3.63) is 141 Å². The number of benzene rings is 1. The maximum Gasteiger partial charge on any atom is 0.259 e. The van der Waals surface area contributed by atoms with Crippen LogP contribution < -0.4 is 9.68 Å². The Kier molecular flexibility index (Phi) is 17.0. The van der Waals surface area contributed by atoms with Crippen LogP contribution in [-0.2, 0) is 10.8 Å². The highest BCUT2D eigenvalue weighted by atomic mass is 32.1. The van der Waals surface area contributed by atoms with Gasteiger partial charge < -0.3 is 9.80 Å². The van der Waals surface area contributed by atoms with E-state index in [0.29, 0.717) is 11.8 Å². The van der Waals surface area contributed by atoms with E-state index in [2.05, 4.69) is 224 Å². The van der Waals surface area contributed by atoms with Crippen molar-refractivity contribution in [1.82, 2.24) is 4.90 Å². The number of unbranched alkanes of at least 4 members (excludes halogenated alkanes) is 1. The summed E-state index contributed by atoms with van der Waals surface area (Å²) in [6, 6.07) is 5.35. The molecule has 4 heteroatoms. The first kappa shape index (κ1) is 55.0. The molecule has 0 N–H and O–H groups in total. The van der Waals surface area contributed by atoms with Crippen molar-refractivity contribution in [1.29, 1.82) is 0 Å². The van der Waals surface area contributed by atoms with Gasteiger partial charge in [-0.1, -0.05) is 175 Å². The summed E-state index contributed by atoms with van der Waals surface area (Å²) >= 11 is 2.11. The van der Waals surface area contributed by atoms with E-state index in [4.69, 9.17) is 0 Å². The fraction of sp³-hybridized carbons (Fsp3) is 0.582. The van der Waals surface area contributed by atoms with Gasteiger partial charge in [-0.05, 0) is 189 Å². The summed E-state index contributed by atoms with van der Waals surface area (Å²) in [5.74, 6) is 1.24. The lowest BCUT2D eigenvalue weighted by atomic mass is 9.35. The van der Waals surface area contributed by atoms with Crippen LogP contribution in [0.15, 0.2) is 130 Å². The fourth-order valence-corrected chi connectivity index (χ4v) is 14.0. The molecule has 1 fully saturated rings. The number of hydrogen-bond donors (Lipinski definition) is 0. The lowest BCUT2D eigenvalue weighted by Crippen LogP contribution is -2.51. The smallest absolute Gasteiger partial charge is 0.259 e. The predicted molar refractivity (Wildman–Crippen MR) is 318 cm³/mol. The first-order valence-corrected chi connectivity index (χ1v) is 29.2. The van der Waals surface area contributed by atoms with Gasteiger partial charge in [-0.3, -0.25) is 0 Å². The molecule has 0 saturated heterocycles. The summed E-state index contributed by atoms with van der Waals surface area (Å²) in [5, 5.41) is 1.47. The number of rotatable bonds is 13. The van der Waals surface area contributed by atoms with E-state index >= 15 is 0 Å². The van der Waals surface area contributed by atoms with Crippen molar-refractivity contribution in [2.45, 2.75) is 212 Å². The number of fused-ring (bicyclic) bond motifs is 6. The zero-order chi connectivity index (χ0) is 51.7. The Labute approximate surface area is 440 Å². The van der Waals surface area contributed by atoms with Crippen LogP contribution in [0.25, 0.3) is 10.1 Å². The topological polar surface area (TPSA) is 6.48 Å². The number of nitrogens with zero attached hydrogens (tertiary/aromatic N) is 2. The van der Waals surface area contributed by atoms with Gasteiger partial charge in [0.1, 0.15) is 0 Å². The molecule has 1 aromatic carbocycles. The molecule has 0 radical (unpaired) electrons.